The molecule has 3 heteroatoms. The Labute approximate surface area is 145 Å². The summed E-state index contributed by atoms with van der Waals surface area (Å²) in [6.45, 7) is 0. The molecule has 0 aromatic heterocycles. The maximum absolute atomic E-state index is 6.14. The van der Waals surface area contributed by atoms with Crippen LogP contribution in [0.3, 0.4) is 0 Å². The first-order valence-electron chi connectivity index (χ1n) is 6.23. The van der Waals surface area contributed by atoms with Crippen LogP contribution in [0.4, 0.5) is 0 Å². The van der Waals surface area contributed by atoms with Gasteiger partial charge in [0, 0.05) is 8.59 Å². The van der Waals surface area contributed by atoms with E-state index >= 15 is 0 Å². The van der Waals surface area contributed by atoms with Crippen LogP contribution in [-0.4, -0.2) is 0 Å². The average molecular weight is 458 g/mol. The number of fused-ring (bicyclic) bond motifs is 1. The van der Waals surface area contributed by atoms with Crippen molar-refractivity contribution in [3.05, 3.63) is 80.4 Å². The van der Waals surface area contributed by atoms with Gasteiger partial charge in [-0.3, -0.25) is 0 Å². The van der Waals surface area contributed by atoms with Crippen LogP contribution in [0.1, 0.15) is 16.0 Å². The molecule has 0 N–H and O–H groups in total. The topological polar surface area (TPSA) is 0 Å². The minimum atomic E-state index is 0.138. The standard InChI is InChI=1S/C17H11BrClI/c18-17(15-10-12(19)8-9-16(15)20)14-7-3-5-11-4-1-2-6-13(11)14/h1-10,17H. The molecular weight excluding hydrogens is 446 g/mol. The third kappa shape index (κ3) is 2.74. The van der Waals surface area contributed by atoms with Crippen LogP contribution in [0.15, 0.2) is 60.7 Å². The van der Waals surface area contributed by atoms with Gasteiger partial charge in [-0.05, 0) is 62.7 Å². The molecule has 0 heterocycles. The molecule has 0 aliphatic carbocycles. The highest BCUT2D eigenvalue weighted by Crippen LogP contribution is 2.38. The minimum absolute atomic E-state index is 0.138. The molecule has 1 atom stereocenters. The van der Waals surface area contributed by atoms with Gasteiger partial charge in [0.15, 0.2) is 0 Å². The van der Waals surface area contributed by atoms with Crippen molar-refractivity contribution in [3.63, 3.8) is 0 Å². The Hall–Kier alpha value is -0.580. The van der Waals surface area contributed by atoms with Gasteiger partial charge in [0.2, 0.25) is 0 Å². The third-order valence-corrected chi connectivity index (χ3v) is 5.53. The van der Waals surface area contributed by atoms with Crippen molar-refractivity contribution >= 4 is 60.9 Å². The molecule has 3 aromatic carbocycles. The van der Waals surface area contributed by atoms with Crippen LogP contribution in [0, 0.1) is 3.57 Å². The van der Waals surface area contributed by atoms with Crippen LogP contribution in [0.25, 0.3) is 10.8 Å². The van der Waals surface area contributed by atoms with Crippen LogP contribution >= 0.6 is 50.1 Å². The van der Waals surface area contributed by atoms with Crippen molar-refractivity contribution in [2.24, 2.45) is 0 Å². The Kier molecular flexibility index (Phi) is 4.34. The van der Waals surface area contributed by atoms with E-state index in [2.05, 4.69) is 87.1 Å². The Balaban J connectivity index is 2.17. The van der Waals surface area contributed by atoms with Gasteiger partial charge >= 0.3 is 0 Å². The molecule has 0 saturated carbocycles. The monoisotopic (exact) mass is 456 g/mol. The first-order chi connectivity index (χ1) is 9.66. The summed E-state index contributed by atoms with van der Waals surface area (Å²) in [5.74, 6) is 0. The van der Waals surface area contributed by atoms with Gasteiger partial charge in [0.1, 0.15) is 0 Å². The fraction of sp³-hybridized carbons (Fsp3) is 0.0588. The van der Waals surface area contributed by atoms with Crippen LogP contribution in [-0.2, 0) is 0 Å². The van der Waals surface area contributed by atoms with Crippen molar-refractivity contribution in [1.82, 2.24) is 0 Å². The van der Waals surface area contributed by atoms with Gasteiger partial charge in [0.05, 0.1) is 4.83 Å². The zero-order valence-electron chi connectivity index (χ0n) is 10.5. The van der Waals surface area contributed by atoms with E-state index < -0.39 is 0 Å². The van der Waals surface area contributed by atoms with E-state index in [-0.39, 0.29) is 4.83 Å². The first-order valence-corrected chi connectivity index (χ1v) is 8.61. The molecule has 0 aliphatic heterocycles. The van der Waals surface area contributed by atoms with E-state index in [9.17, 15) is 0 Å². The maximum atomic E-state index is 6.14. The summed E-state index contributed by atoms with van der Waals surface area (Å²) < 4.78 is 1.21. The van der Waals surface area contributed by atoms with E-state index in [1.807, 2.05) is 12.1 Å². The van der Waals surface area contributed by atoms with Crippen molar-refractivity contribution < 1.29 is 0 Å². The molecule has 0 saturated heterocycles. The number of alkyl halides is 1. The smallest absolute Gasteiger partial charge is 0.0661 e. The Morgan fingerprint density at radius 2 is 1.65 bits per heavy atom. The van der Waals surface area contributed by atoms with Gasteiger partial charge in [-0.25, -0.2) is 0 Å². The van der Waals surface area contributed by atoms with Crippen LogP contribution < -0.4 is 0 Å². The van der Waals surface area contributed by atoms with Crippen molar-refractivity contribution in [2.45, 2.75) is 4.83 Å². The lowest BCUT2D eigenvalue weighted by Crippen LogP contribution is -1.97. The molecule has 1 unspecified atom stereocenters. The fourth-order valence-corrected chi connectivity index (χ4v) is 4.38. The lowest BCUT2D eigenvalue weighted by molar-refractivity contribution is 1.18. The van der Waals surface area contributed by atoms with Gasteiger partial charge in [0.25, 0.3) is 0 Å². The first kappa shape index (κ1) is 14.4. The number of hydrogen-bond donors (Lipinski definition) is 0. The average Bonchev–Trinajstić information content (AvgIpc) is 2.48. The van der Waals surface area contributed by atoms with E-state index in [1.165, 1.54) is 25.5 Å². The lowest BCUT2D eigenvalue weighted by atomic mass is 9.98. The normalized spacial score (nSPS) is 12.6. The maximum Gasteiger partial charge on any atom is 0.0661 e. The van der Waals surface area contributed by atoms with Crippen molar-refractivity contribution in [2.75, 3.05) is 0 Å². The summed E-state index contributed by atoms with van der Waals surface area (Å²) in [6, 6.07) is 20.9. The molecule has 20 heavy (non-hydrogen) atoms. The molecule has 0 aliphatic rings. The number of rotatable bonds is 2. The van der Waals surface area contributed by atoms with Crippen molar-refractivity contribution in [1.29, 1.82) is 0 Å². The number of benzene rings is 3. The van der Waals surface area contributed by atoms with Gasteiger partial charge in [-0.2, -0.15) is 0 Å². The Bertz CT molecular complexity index is 765. The lowest BCUT2D eigenvalue weighted by Gasteiger charge is -2.15. The van der Waals surface area contributed by atoms with Crippen molar-refractivity contribution in [3.8, 4) is 0 Å². The highest BCUT2D eigenvalue weighted by Gasteiger charge is 2.16. The fourth-order valence-electron chi connectivity index (χ4n) is 2.35. The number of halogens is 3. The quantitative estimate of drug-likeness (QED) is 0.301. The molecule has 0 nitrogen and oxygen atoms in total. The summed E-state index contributed by atoms with van der Waals surface area (Å²) >= 11 is 12.3. The molecule has 3 aromatic rings. The summed E-state index contributed by atoms with van der Waals surface area (Å²) in [5, 5.41) is 3.30. The highest BCUT2D eigenvalue weighted by atomic mass is 127. The largest absolute Gasteiger partial charge is 0.0843 e. The van der Waals surface area contributed by atoms with E-state index in [1.54, 1.807) is 0 Å². The second-order valence-corrected chi connectivity index (χ2v) is 7.11. The van der Waals surface area contributed by atoms with E-state index in [4.69, 9.17) is 11.6 Å². The molecule has 100 valence electrons. The predicted octanol–water partition coefficient (Wildman–Crippen LogP) is 6.58. The molecule has 0 radical (unpaired) electrons. The van der Waals surface area contributed by atoms with Gasteiger partial charge in [-0.15, -0.1) is 0 Å². The Morgan fingerprint density at radius 1 is 0.900 bits per heavy atom. The van der Waals surface area contributed by atoms with Crippen LogP contribution in [0.2, 0.25) is 5.02 Å². The summed E-state index contributed by atoms with van der Waals surface area (Å²) in [4.78, 5) is 0.138. The van der Waals surface area contributed by atoms with Gasteiger partial charge < -0.3 is 0 Å². The zero-order chi connectivity index (χ0) is 14.1. The summed E-state index contributed by atoms with van der Waals surface area (Å²) in [7, 11) is 0. The Morgan fingerprint density at radius 3 is 2.50 bits per heavy atom. The minimum Gasteiger partial charge on any atom is -0.0843 e. The second kappa shape index (κ2) is 6.04. The number of hydrogen-bond acceptors (Lipinski definition) is 0. The van der Waals surface area contributed by atoms with E-state index in [0.29, 0.717) is 0 Å². The molecular formula is C17H11BrClI. The third-order valence-electron chi connectivity index (χ3n) is 3.33. The molecule has 0 bridgehead atoms. The van der Waals surface area contributed by atoms with E-state index in [0.717, 1.165) is 5.02 Å². The van der Waals surface area contributed by atoms with Crippen LogP contribution in [0.5, 0.6) is 0 Å². The second-order valence-electron chi connectivity index (χ2n) is 4.60. The molecule has 0 spiro atoms. The summed E-state index contributed by atoms with van der Waals surface area (Å²) in [5.41, 5.74) is 2.47. The summed E-state index contributed by atoms with van der Waals surface area (Å²) in [6.07, 6.45) is 0. The predicted molar refractivity (Wildman–Crippen MR) is 98.9 cm³/mol. The molecule has 3 rings (SSSR count). The van der Waals surface area contributed by atoms with Gasteiger partial charge in [-0.1, -0.05) is 70.0 Å². The highest BCUT2D eigenvalue weighted by molar-refractivity contribution is 14.1. The molecule has 0 fully saturated rings. The zero-order valence-corrected chi connectivity index (χ0v) is 15.0. The SMILES string of the molecule is Clc1ccc(I)c(C(Br)c2cccc3ccccc23)c1. The molecule has 0 amide bonds.